The van der Waals surface area contributed by atoms with Gasteiger partial charge in [0.1, 0.15) is 0 Å². The first kappa shape index (κ1) is 33.9. The minimum atomic E-state index is 0. The van der Waals surface area contributed by atoms with Gasteiger partial charge in [0, 0.05) is 0 Å². The molecule has 152 valence electrons. The maximum atomic E-state index is 3.50. The molecular weight excluding hydrogens is 393 g/mol. The molecule has 0 aromatic rings. The molecule has 0 bridgehead atoms. The van der Waals surface area contributed by atoms with Gasteiger partial charge in [0.15, 0.2) is 0 Å². The van der Waals surface area contributed by atoms with Gasteiger partial charge < -0.3 is 27.6 Å². The number of hydrogen-bond donors (Lipinski definition) is 0. The van der Waals surface area contributed by atoms with Crippen LogP contribution in [0.4, 0.5) is 0 Å². The van der Waals surface area contributed by atoms with E-state index in [1.807, 2.05) is 0 Å². The topological polar surface area (TPSA) is 14.1 Å². The Hall–Kier alpha value is 0.323. The molecule has 0 saturated heterocycles. The fourth-order valence-electron chi connectivity index (χ4n) is 4.43. The molecule has 4 unspecified atom stereocenters. The van der Waals surface area contributed by atoms with E-state index in [4.69, 9.17) is 0 Å². The Kier molecular flexibility index (Phi) is 21.2. The van der Waals surface area contributed by atoms with Crippen molar-refractivity contribution in [3.05, 3.63) is 49.9 Å². The Bertz CT molecular complexity index is 410. The van der Waals surface area contributed by atoms with Crippen molar-refractivity contribution in [2.75, 3.05) is 14.1 Å². The molecule has 3 aliphatic rings. The SMILES string of the molecule is C1CCCC1.CC1=C(C)C(C)C2C1=C(C)C(C)C2C.C[N-]C.[CH3-].[CH3-].[CH3-].[Zr+4]. The van der Waals surface area contributed by atoms with Crippen LogP contribution >= 0.6 is 0 Å². The standard InChI is InChI=1S/C14H22.C5H10.C2H6N.3CH3.Zr/c1-7-9(3)13-11(5)8(2)12(6)14(13)10(7)4;1-2-4-5-3-1;1-3-2;;;;/h7,9,11,13H,1-6H3;1-5H2;1-2H3;3*1H3;/q;;4*-1;+4. The maximum absolute atomic E-state index is 3.50. The van der Waals surface area contributed by atoms with E-state index in [1.165, 1.54) is 32.1 Å². The van der Waals surface area contributed by atoms with Crippen molar-refractivity contribution in [3.8, 4) is 0 Å². The third kappa shape index (κ3) is 7.75. The van der Waals surface area contributed by atoms with Crippen LogP contribution < -0.4 is 0 Å². The Morgan fingerprint density at radius 2 is 1.04 bits per heavy atom. The van der Waals surface area contributed by atoms with Crippen LogP contribution in [0.15, 0.2) is 22.3 Å². The summed E-state index contributed by atoms with van der Waals surface area (Å²) in [7, 11) is 3.50. The van der Waals surface area contributed by atoms with Crippen LogP contribution in [0, 0.1) is 46.0 Å². The van der Waals surface area contributed by atoms with Crippen LogP contribution in [0.3, 0.4) is 0 Å². The number of hydrogen-bond acceptors (Lipinski definition) is 0. The predicted molar refractivity (Wildman–Crippen MR) is 120 cm³/mol. The molecule has 0 aromatic carbocycles. The van der Waals surface area contributed by atoms with Crippen LogP contribution in [-0.4, -0.2) is 14.1 Å². The number of rotatable bonds is 0. The summed E-state index contributed by atoms with van der Waals surface area (Å²) >= 11 is 0. The largest absolute Gasteiger partial charge is 4.00 e. The Balaban J connectivity index is -0.000000173. The van der Waals surface area contributed by atoms with Crippen LogP contribution in [0.1, 0.15) is 73.6 Å². The summed E-state index contributed by atoms with van der Waals surface area (Å²) < 4.78 is 0. The molecule has 0 amide bonds. The van der Waals surface area contributed by atoms with Gasteiger partial charge in [0.25, 0.3) is 0 Å². The smallest absolute Gasteiger partial charge is 0.668 e. The zero-order chi connectivity index (χ0) is 16.9. The number of nitrogens with zero attached hydrogens (tertiary/aromatic N) is 1. The first-order chi connectivity index (χ1) is 10.4. The average molecular weight is 441 g/mol. The third-order valence-electron chi connectivity index (χ3n) is 6.26. The second-order valence-corrected chi connectivity index (χ2v) is 7.58. The molecular formula is C24H47NZr. The second-order valence-electron chi connectivity index (χ2n) is 7.58. The zero-order valence-corrected chi connectivity index (χ0v) is 22.3. The van der Waals surface area contributed by atoms with Crippen molar-refractivity contribution in [3.63, 3.8) is 0 Å². The monoisotopic (exact) mass is 439 g/mol. The van der Waals surface area contributed by atoms with Crippen LogP contribution in [-0.2, 0) is 26.2 Å². The molecule has 3 aliphatic carbocycles. The van der Waals surface area contributed by atoms with E-state index in [0.717, 1.165) is 23.7 Å². The maximum Gasteiger partial charge on any atom is 4.00 e. The fourth-order valence-corrected chi connectivity index (χ4v) is 4.43. The molecule has 0 N–H and O–H groups in total. The van der Waals surface area contributed by atoms with E-state index in [0.29, 0.717) is 0 Å². The van der Waals surface area contributed by atoms with Crippen molar-refractivity contribution in [2.45, 2.75) is 73.6 Å². The zero-order valence-electron chi connectivity index (χ0n) is 19.8. The van der Waals surface area contributed by atoms with Gasteiger partial charge in [-0.15, -0.1) is 0 Å². The van der Waals surface area contributed by atoms with Gasteiger partial charge in [-0.25, -0.2) is 0 Å². The molecule has 0 aliphatic heterocycles. The van der Waals surface area contributed by atoms with Crippen LogP contribution in [0.25, 0.3) is 5.32 Å². The molecule has 0 aromatic heterocycles. The van der Waals surface area contributed by atoms with Gasteiger partial charge >= 0.3 is 26.2 Å². The van der Waals surface area contributed by atoms with E-state index >= 15 is 0 Å². The van der Waals surface area contributed by atoms with Crippen LogP contribution in [0.5, 0.6) is 0 Å². The molecule has 0 heterocycles. The van der Waals surface area contributed by atoms with Crippen molar-refractivity contribution < 1.29 is 26.2 Å². The first-order valence-electron chi connectivity index (χ1n) is 9.24. The van der Waals surface area contributed by atoms with Gasteiger partial charge in [-0.05, 0) is 55.6 Å². The summed E-state index contributed by atoms with van der Waals surface area (Å²) in [6.45, 7) is 14.2. The number of fused-ring (bicyclic) bond motifs is 1. The Labute approximate surface area is 187 Å². The summed E-state index contributed by atoms with van der Waals surface area (Å²) in [5.41, 5.74) is 6.58. The van der Waals surface area contributed by atoms with Gasteiger partial charge in [0.05, 0.1) is 0 Å². The summed E-state index contributed by atoms with van der Waals surface area (Å²) in [5.74, 6) is 3.23. The van der Waals surface area contributed by atoms with Crippen LogP contribution in [0.2, 0.25) is 0 Å². The summed E-state index contributed by atoms with van der Waals surface area (Å²) in [6, 6.07) is 0. The second kappa shape index (κ2) is 16.3. The van der Waals surface area contributed by atoms with Crippen molar-refractivity contribution in [2.24, 2.45) is 23.7 Å². The minimum Gasteiger partial charge on any atom is -0.668 e. The van der Waals surface area contributed by atoms with Gasteiger partial charge in [-0.2, -0.15) is 14.1 Å². The molecule has 0 radical (unpaired) electrons. The molecule has 26 heavy (non-hydrogen) atoms. The summed E-state index contributed by atoms with van der Waals surface area (Å²) in [6.07, 6.45) is 7.50. The predicted octanol–water partition coefficient (Wildman–Crippen LogP) is 8.11. The molecule has 0 spiro atoms. The Morgan fingerprint density at radius 3 is 1.35 bits per heavy atom. The average Bonchev–Trinajstić information content (AvgIpc) is 3.18. The normalized spacial score (nSPS) is 28.2. The van der Waals surface area contributed by atoms with Gasteiger partial charge in [-0.3, -0.25) is 0 Å². The number of allylic oxidation sites excluding steroid dienone is 4. The molecule has 1 fully saturated rings. The molecule has 1 nitrogen and oxygen atoms in total. The van der Waals surface area contributed by atoms with Gasteiger partial charge in [-0.1, -0.05) is 64.0 Å². The molecule has 3 rings (SSSR count). The summed E-state index contributed by atoms with van der Waals surface area (Å²) in [5, 5.41) is 3.50. The fraction of sp³-hybridized carbons (Fsp3) is 0.708. The van der Waals surface area contributed by atoms with Crippen molar-refractivity contribution in [1.29, 1.82) is 0 Å². The van der Waals surface area contributed by atoms with Gasteiger partial charge in [0.2, 0.25) is 0 Å². The van der Waals surface area contributed by atoms with E-state index in [1.54, 1.807) is 36.4 Å². The molecule has 2 heteroatoms. The Morgan fingerprint density at radius 1 is 0.692 bits per heavy atom. The quantitative estimate of drug-likeness (QED) is 0.338. The molecule has 4 atom stereocenters. The van der Waals surface area contributed by atoms with E-state index < -0.39 is 0 Å². The van der Waals surface area contributed by atoms with E-state index in [9.17, 15) is 0 Å². The van der Waals surface area contributed by atoms with E-state index in [2.05, 4.69) is 46.9 Å². The first-order valence-corrected chi connectivity index (χ1v) is 9.24. The van der Waals surface area contributed by atoms with Crippen molar-refractivity contribution in [1.82, 2.24) is 0 Å². The summed E-state index contributed by atoms with van der Waals surface area (Å²) in [4.78, 5) is 0. The minimum absolute atomic E-state index is 0. The van der Waals surface area contributed by atoms with E-state index in [-0.39, 0.29) is 48.5 Å². The molecule has 1 saturated carbocycles. The third-order valence-corrected chi connectivity index (χ3v) is 6.26. The van der Waals surface area contributed by atoms with Crippen molar-refractivity contribution >= 4 is 0 Å².